The van der Waals surface area contributed by atoms with Crippen LogP contribution in [-0.4, -0.2) is 13.7 Å². The molecule has 0 fully saturated rings. The quantitative estimate of drug-likeness (QED) is 0.823. The molecule has 4 heteroatoms. The van der Waals surface area contributed by atoms with E-state index >= 15 is 0 Å². The molecule has 3 nitrogen and oxygen atoms in total. The van der Waals surface area contributed by atoms with Crippen molar-refractivity contribution < 1.29 is 9.47 Å². The zero-order valence-corrected chi connectivity index (χ0v) is 14.0. The summed E-state index contributed by atoms with van der Waals surface area (Å²) >= 11 is 6.31. The first kappa shape index (κ1) is 16.7. The number of hydrogen-bond donors (Lipinski definition) is 1. The van der Waals surface area contributed by atoms with Gasteiger partial charge in [0.05, 0.1) is 6.61 Å². The Hall–Kier alpha value is -1.71. The second-order valence-corrected chi connectivity index (χ2v) is 5.54. The number of aryl methyl sites for hydroxylation is 1. The van der Waals surface area contributed by atoms with Crippen LogP contribution in [0.2, 0.25) is 5.02 Å². The van der Waals surface area contributed by atoms with E-state index < -0.39 is 0 Å². The molecule has 1 N–H and O–H groups in total. The van der Waals surface area contributed by atoms with Crippen molar-refractivity contribution in [3.63, 3.8) is 0 Å². The van der Waals surface area contributed by atoms with E-state index in [1.54, 1.807) is 0 Å². The number of benzene rings is 2. The fourth-order valence-corrected chi connectivity index (χ4v) is 2.47. The lowest BCUT2D eigenvalue weighted by Gasteiger charge is -2.15. The summed E-state index contributed by atoms with van der Waals surface area (Å²) in [6.07, 6.45) is 0. The lowest BCUT2D eigenvalue weighted by molar-refractivity contribution is 0.269. The largest absolute Gasteiger partial charge is 0.490 e. The van der Waals surface area contributed by atoms with E-state index in [4.69, 9.17) is 21.1 Å². The molecule has 0 unspecified atom stereocenters. The summed E-state index contributed by atoms with van der Waals surface area (Å²) < 4.78 is 11.6. The zero-order chi connectivity index (χ0) is 15.9. The third-order valence-corrected chi connectivity index (χ3v) is 3.61. The van der Waals surface area contributed by atoms with Crippen molar-refractivity contribution in [2.24, 2.45) is 0 Å². The SMILES string of the molecule is CCOc1cc(CNC)c(Cl)cc1OCc1cccc(C)c1. The number of halogens is 1. The standard InChI is InChI=1S/C18H22ClNO2/c1-4-21-17-9-15(11-20-3)16(19)10-18(17)22-12-14-7-5-6-13(2)8-14/h5-10,20H,4,11-12H2,1-3H3. The molecule has 0 bridgehead atoms. The van der Waals surface area contributed by atoms with Crippen molar-refractivity contribution >= 4 is 11.6 Å². The number of rotatable bonds is 7. The zero-order valence-electron chi connectivity index (χ0n) is 13.3. The smallest absolute Gasteiger partial charge is 0.163 e. The van der Waals surface area contributed by atoms with Crippen LogP contribution in [0.3, 0.4) is 0 Å². The number of hydrogen-bond acceptors (Lipinski definition) is 3. The Morgan fingerprint density at radius 1 is 1.09 bits per heavy atom. The molecule has 0 saturated carbocycles. The first-order chi connectivity index (χ1) is 10.6. The Kier molecular flexibility index (Phi) is 6.10. The minimum Gasteiger partial charge on any atom is -0.490 e. The van der Waals surface area contributed by atoms with Crippen LogP contribution in [0.15, 0.2) is 36.4 Å². The van der Waals surface area contributed by atoms with Crippen molar-refractivity contribution in [2.75, 3.05) is 13.7 Å². The van der Waals surface area contributed by atoms with Gasteiger partial charge in [0, 0.05) is 17.6 Å². The fourth-order valence-electron chi connectivity index (χ4n) is 2.25. The van der Waals surface area contributed by atoms with Gasteiger partial charge in [0.15, 0.2) is 11.5 Å². The number of nitrogens with one attached hydrogen (secondary N) is 1. The maximum atomic E-state index is 6.31. The molecule has 22 heavy (non-hydrogen) atoms. The van der Waals surface area contributed by atoms with Crippen LogP contribution < -0.4 is 14.8 Å². The van der Waals surface area contributed by atoms with Crippen molar-refractivity contribution in [1.29, 1.82) is 0 Å². The lowest BCUT2D eigenvalue weighted by atomic mass is 10.1. The second kappa shape index (κ2) is 8.06. The Balaban J connectivity index is 2.19. The highest BCUT2D eigenvalue weighted by Crippen LogP contribution is 2.34. The fraction of sp³-hybridized carbons (Fsp3) is 0.333. The molecule has 0 aliphatic heterocycles. The van der Waals surface area contributed by atoms with Gasteiger partial charge in [0.25, 0.3) is 0 Å². The Morgan fingerprint density at radius 3 is 2.55 bits per heavy atom. The van der Waals surface area contributed by atoms with Crippen molar-refractivity contribution in [1.82, 2.24) is 5.32 Å². The average molecular weight is 320 g/mol. The highest BCUT2D eigenvalue weighted by Gasteiger charge is 2.11. The van der Waals surface area contributed by atoms with Crippen LogP contribution in [0.1, 0.15) is 23.6 Å². The summed E-state index contributed by atoms with van der Waals surface area (Å²) in [5.74, 6) is 1.40. The van der Waals surface area contributed by atoms with Gasteiger partial charge in [0.1, 0.15) is 6.61 Å². The summed E-state index contributed by atoms with van der Waals surface area (Å²) in [5.41, 5.74) is 3.34. The van der Waals surface area contributed by atoms with Crippen LogP contribution in [0.25, 0.3) is 0 Å². The summed E-state index contributed by atoms with van der Waals surface area (Å²) in [7, 11) is 1.89. The predicted molar refractivity (Wildman–Crippen MR) is 90.9 cm³/mol. The van der Waals surface area contributed by atoms with Crippen molar-refractivity contribution in [2.45, 2.75) is 27.0 Å². The van der Waals surface area contributed by atoms with Crippen molar-refractivity contribution in [3.8, 4) is 11.5 Å². The lowest BCUT2D eigenvalue weighted by Crippen LogP contribution is -2.07. The van der Waals surface area contributed by atoms with Crippen LogP contribution in [0, 0.1) is 6.92 Å². The maximum Gasteiger partial charge on any atom is 0.163 e. The van der Waals surface area contributed by atoms with Gasteiger partial charge < -0.3 is 14.8 Å². The first-order valence-electron chi connectivity index (χ1n) is 7.42. The highest BCUT2D eigenvalue weighted by molar-refractivity contribution is 6.31. The molecule has 0 radical (unpaired) electrons. The van der Waals surface area contributed by atoms with E-state index in [0.29, 0.717) is 30.5 Å². The third kappa shape index (κ3) is 4.39. The molecule has 2 aromatic carbocycles. The van der Waals surface area contributed by atoms with Gasteiger partial charge in [0.2, 0.25) is 0 Å². The molecule has 0 spiro atoms. The summed E-state index contributed by atoms with van der Waals surface area (Å²) in [6, 6.07) is 12.0. The van der Waals surface area contributed by atoms with Gasteiger partial charge in [-0.15, -0.1) is 0 Å². The molecule has 0 atom stereocenters. The first-order valence-corrected chi connectivity index (χ1v) is 7.80. The van der Waals surface area contributed by atoms with Gasteiger partial charge >= 0.3 is 0 Å². The second-order valence-electron chi connectivity index (χ2n) is 5.13. The molecule has 0 amide bonds. The Morgan fingerprint density at radius 2 is 1.86 bits per heavy atom. The van der Waals surface area contributed by atoms with Crippen LogP contribution >= 0.6 is 11.6 Å². The molecule has 2 rings (SSSR count). The van der Waals surface area contributed by atoms with E-state index in [-0.39, 0.29) is 0 Å². The molecule has 0 heterocycles. The van der Waals surface area contributed by atoms with Gasteiger partial charge in [-0.2, -0.15) is 0 Å². The summed E-state index contributed by atoms with van der Waals surface area (Å²) in [6.45, 7) is 5.79. The molecule has 0 aliphatic carbocycles. The highest BCUT2D eigenvalue weighted by atomic mass is 35.5. The average Bonchev–Trinajstić information content (AvgIpc) is 2.49. The van der Waals surface area contributed by atoms with Crippen molar-refractivity contribution in [3.05, 3.63) is 58.1 Å². The van der Waals surface area contributed by atoms with Gasteiger partial charge in [-0.25, -0.2) is 0 Å². The van der Waals surface area contributed by atoms with E-state index in [1.807, 2.05) is 38.2 Å². The van der Waals surface area contributed by atoms with E-state index in [1.165, 1.54) is 5.56 Å². The third-order valence-electron chi connectivity index (χ3n) is 3.26. The Bertz CT molecular complexity index is 628. The predicted octanol–water partition coefficient (Wildman–Crippen LogP) is 4.35. The molecule has 2 aromatic rings. The van der Waals surface area contributed by atoms with E-state index in [0.717, 1.165) is 16.9 Å². The minimum absolute atomic E-state index is 0.490. The van der Waals surface area contributed by atoms with Crippen LogP contribution in [-0.2, 0) is 13.2 Å². The van der Waals surface area contributed by atoms with Gasteiger partial charge in [-0.1, -0.05) is 41.4 Å². The summed E-state index contributed by atoms with van der Waals surface area (Å²) in [4.78, 5) is 0. The monoisotopic (exact) mass is 319 g/mol. The molecular weight excluding hydrogens is 298 g/mol. The van der Waals surface area contributed by atoms with Gasteiger partial charge in [-0.05, 0) is 38.1 Å². The normalized spacial score (nSPS) is 10.5. The minimum atomic E-state index is 0.490. The topological polar surface area (TPSA) is 30.5 Å². The molecule has 118 valence electrons. The maximum absolute atomic E-state index is 6.31. The number of ether oxygens (including phenoxy) is 2. The Labute approximate surface area is 137 Å². The van der Waals surface area contributed by atoms with Crippen LogP contribution in [0.4, 0.5) is 0 Å². The molecule has 0 aromatic heterocycles. The van der Waals surface area contributed by atoms with Crippen LogP contribution in [0.5, 0.6) is 11.5 Å². The molecule has 0 saturated heterocycles. The van der Waals surface area contributed by atoms with E-state index in [9.17, 15) is 0 Å². The van der Waals surface area contributed by atoms with Gasteiger partial charge in [-0.3, -0.25) is 0 Å². The summed E-state index contributed by atoms with van der Waals surface area (Å²) in [5, 5.41) is 3.77. The molecular formula is C18H22ClNO2. The van der Waals surface area contributed by atoms with E-state index in [2.05, 4.69) is 24.4 Å². The molecule has 0 aliphatic rings.